The van der Waals surface area contributed by atoms with Crippen LogP contribution >= 0.6 is 0 Å². The number of aromatic nitrogens is 2. The lowest BCUT2D eigenvalue weighted by Crippen LogP contribution is -2.60. The van der Waals surface area contributed by atoms with Gasteiger partial charge in [-0.15, -0.1) is 0 Å². The van der Waals surface area contributed by atoms with Gasteiger partial charge in [0.15, 0.2) is 0 Å². The van der Waals surface area contributed by atoms with Crippen LogP contribution < -0.4 is 0 Å². The average Bonchev–Trinajstić information content (AvgIpc) is 3.40. The number of nitrogens with zero attached hydrogens (tertiary/aromatic N) is 2. The van der Waals surface area contributed by atoms with E-state index in [1.165, 1.54) is 0 Å². The van der Waals surface area contributed by atoms with Crippen LogP contribution in [0.15, 0.2) is 54.1 Å². The summed E-state index contributed by atoms with van der Waals surface area (Å²) < 4.78 is 13.6. The molecule has 4 aliphatic rings. The first-order valence-corrected chi connectivity index (χ1v) is 12.9. The Morgan fingerprint density at radius 1 is 1.25 bits per heavy atom. The van der Waals surface area contributed by atoms with Crippen LogP contribution in [0.1, 0.15) is 45.1 Å². The number of carbonyl (C=O) groups excluding carboxylic acids is 1. The number of imidazole rings is 1. The van der Waals surface area contributed by atoms with Gasteiger partial charge >= 0.3 is 5.97 Å². The predicted octanol–water partition coefficient (Wildman–Crippen LogP) is 3.91. The van der Waals surface area contributed by atoms with Crippen molar-refractivity contribution < 1.29 is 24.5 Å². The van der Waals surface area contributed by atoms with Crippen molar-refractivity contribution in [1.82, 2.24) is 9.55 Å². The van der Waals surface area contributed by atoms with Gasteiger partial charge in [0.2, 0.25) is 0 Å². The molecule has 6 rings (SSSR count). The summed E-state index contributed by atoms with van der Waals surface area (Å²) in [5.74, 6) is 0.410. The highest BCUT2D eigenvalue weighted by atomic mass is 16.6. The summed E-state index contributed by atoms with van der Waals surface area (Å²) in [6, 6.07) is 5.97. The summed E-state index contributed by atoms with van der Waals surface area (Å²) in [6.07, 6.45) is 12.3. The Morgan fingerprint density at radius 3 is 2.81 bits per heavy atom. The van der Waals surface area contributed by atoms with Crippen LogP contribution in [0.5, 0.6) is 0 Å². The first kappa shape index (κ1) is 23.6. The molecule has 1 aromatic carbocycles. The van der Waals surface area contributed by atoms with E-state index in [4.69, 9.17) is 9.47 Å². The van der Waals surface area contributed by atoms with Crippen LogP contribution in [0, 0.1) is 22.7 Å². The van der Waals surface area contributed by atoms with Gasteiger partial charge in [-0.25, -0.2) is 9.78 Å². The van der Waals surface area contributed by atoms with Crippen molar-refractivity contribution in [3.8, 4) is 0 Å². The van der Waals surface area contributed by atoms with Crippen LogP contribution in [0.3, 0.4) is 0 Å². The van der Waals surface area contributed by atoms with Gasteiger partial charge in [-0.05, 0) is 66.9 Å². The number of esters is 1. The molecule has 0 radical (unpaired) electrons. The zero-order chi connectivity index (χ0) is 25.3. The smallest absolute Gasteiger partial charge is 0.343 e. The summed E-state index contributed by atoms with van der Waals surface area (Å²) in [6.45, 7) is 4.97. The van der Waals surface area contributed by atoms with E-state index in [9.17, 15) is 15.0 Å². The molecule has 2 aliphatic heterocycles. The van der Waals surface area contributed by atoms with Crippen molar-refractivity contribution in [2.24, 2.45) is 29.7 Å². The predicted molar refractivity (Wildman–Crippen MR) is 135 cm³/mol. The molecular weight excluding hydrogens is 456 g/mol. The lowest BCUT2D eigenvalue weighted by Gasteiger charge is -2.60. The Labute approximate surface area is 211 Å². The summed E-state index contributed by atoms with van der Waals surface area (Å²) in [4.78, 5) is 17.1. The number of aliphatic hydroxyl groups is 2. The molecule has 2 aromatic rings. The summed E-state index contributed by atoms with van der Waals surface area (Å²) in [7, 11) is 1.96. The van der Waals surface area contributed by atoms with Gasteiger partial charge in [-0.3, -0.25) is 0 Å². The van der Waals surface area contributed by atoms with Crippen LogP contribution in [0.25, 0.3) is 17.1 Å². The van der Waals surface area contributed by atoms with Crippen LogP contribution in [-0.4, -0.2) is 50.7 Å². The maximum Gasteiger partial charge on any atom is 0.343 e. The van der Waals surface area contributed by atoms with Crippen molar-refractivity contribution >= 4 is 23.1 Å². The third-order valence-electron chi connectivity index (χ3n) is 9.57. The van der Waals surface area contributed by atoms with Crippen LogP contribution in [0.2, 0.25) is 0 Å². The number of cyclic esters (lactones) is 1. The summed E-state index contributed by atoms with van der Waals surface area (Å²) in [5.41, 5.74) is 2.49. The number of epoxide rings is 1. The maximum absolute atomic E-state index is 12.7. The zero-order valence-corrected chi connectivity index (χ0v) is 21.1. The molecule has 2 saturated carbocycles. The number of hydrogen-bond acceptors (Lipinski definition) is 6. The SMILES string of the molecule is Cn1cnc2cc(C=C3C=C(C=CC4C5(CCC6[C@]4(C)CC[C@@H](O)[C@@]6(C)CO)CO5)C(=O)O3)ccc21. The molecule has 6 atom stereocenters. The first-order valence-electron chi connectivity index (χ1n) is 12.9. The average molecular weight is 491 g/mol. The number of allylic oxidation sites excluding steroid dienone is 1. The number of hydrogen-bond donors (Lipinski definition) is 2. The largest absolute Gasteiger partial charge is 0.423 e. The molecule has 3 heterocycles. The van der Waals surface area contributed by atoms with E-state index in [0.717, 1.165) is 35.9 Å². The fourth-order valence-electron chi connectivity index (χ4n) is 7.34. The highest BCUT2D eigenvalue weighted by molar-refractivity contribution is 5.96. The maximum atomic E-state index is 12.7. The molecule has 3 unspecified atom stereocenters. The first-order chi connectivity index (χ1) is 17.2. The molecule has 2 N–H and O–H groups in total. The molecule has 190 valence electrons. The number of fused-ring (bicyclic) bond motifs is 2. The molecule has 0 amide bonds. The van der Waals surface area contributed by atoms with E-state index in [1.807, 2.05) is 48.9 Å². The second kappa shape index (κ2) is 8.13. The summed E-state index contributed by atoms with van der Waals surface area (Å²) >= 11 is 0. The fourth-order valence-corrected chi connectivity index (χ4v) is 7.34. The Bertz CT molecular complexity index is 1320. The van der Waals surface area contributed by atoms with Crippen molar-refractivity contribution in [1.29, 1.82) is 0 Å². The second-order valence-electron chi connectivity index (χ2n) is 11.6. The van der Waals surface area contributed by atoms with Crippen molar-refractivity contribution in [3.63, 3.8) is 0 Å². The number of aliphatic hydroxyl groups excluding tert-OH is 2. The van der Waals surface area contributed by atoms with E-state index in [-0.39, 0.29) is 35.4 Å². The van der Waals surface area contributed by atoms with E-state index >= 15 is 0 Å². The van der Waals surface area contributed by atoms with Crippen molar-refractivity contribution in [2.75, 3.05) is 13.2 Å². The van der Waals surface area contributed by atoms with Crippen molar-refractivity contribution in [2.45, 2.75) is 51.2 Å². The molecule has 7 heteroatoms. The van der Waals surface area contributed by atoms with Gasteiger partial charge in [0, 0.05) is 18.4 Å². The Kier molecular flexibility index (Phi) is 5.34. The van der Waals surface area contributed by atoms with E-state index in [0.29, 0.717) is 24.4 Å². The third-order valence-corrected chi connectivity index (χ3v) is 9.57. The molecule has 1 aromatic heterocycles. The molecular formula is C29H34N2O5. The number of carbonyl (C=O) groups is 1. The Balaban J connectivity index is 1.28. The number of aryl methyl sites for hydroxylation is 1. The minimum atomic E-state index is -0.536. The monoisotopic (exact) mass is 490 g/mol. The topological polar surface area (TPSA) is 97.1 Å². The van der Waals surface area contributed by atoms with Crippen LogP contribution in [0.4, 0.5) is 0 Å². The van der Waals surface area contributed by atoms with E-state index in [1.54, 1.807) is 12.4 Å². The molecule has 1 spiro atoms. The molecule has 3 fully saturated rings. The van der Waals surface area contributed by atoms with Gasteiger partial charge in [-0.1, -0.05) is 32.1 Å². The van der Waals surface area contributed by atoms with Crippen molar-refractivity contribution in [3.05, 3.63) is 59.7 Å². The highest BCUT2D eigenvalue weighted by Gasteiger charge is 2.66. The fraction of sp³-hybridized carbons (Fsp3) is 0.517. The lowest BCUT2D eigenvalue weighted by atomic mass is 9.45. The van der Waals surface area contributed by atoms with Gasteiger partial charge in [0.1, 0.15) is 5.76 Å². The van der Waals surface area contributed by atoms with Crippen LogP contribution in [-0.2, 0) is 21.3 Å². The Hall–Kier alpha value is -2.74. The van der Waals surface area contributed by atoms with E-state index in [2.05, 4.69) is 18.0 Å². The quantitative estimate of drug-likeness (QED) is 0.498. The number of benzene rings is 1. The minimum absolute atomic E-state index is 0.0331. The molecule has 0 bridgehead atoms. The van der Waals surface area contributed by atoms with Gasteiger partial charge in [0.05, 0.1) is 47.9 Å². The van der Waals surface area contributed by atoms with Gasteiger partial charge in [0.25, 0.3) is 0 Å². The lowest BCUT2D eigenvalue weighted by molar-refractivity contribution is -0.167. The molecule has 7 nitrogen and oxygen atoms in total. The number of rotatable bonds is 4. The van der Waals surface area contributed by atoms with E-state index < -0.39 is 11.5 Å². The highest BCUT2D eigenvalue weighted by Crippen LogP contribution is 2.65. The summed E-state index contributed by atoms with van der Waals surface area (Å²) in [5, 5.41) is 21.0. The van der Waals surface area contributed by atoms with Gasteiger partial charge in [-0.2, -0.15) is 0 Å². The molecule has 1 saturated heterocycles. The van der Waals surface area contributed by atoms with Gasteiger partial charge < -0.3 is 24.3 Å². The standard InChI is InChI=1S/C29H34N2O5/c1-27-10-9-25(33)28(2,15-32)23(27)8-11-29(16-35-29)24(27)7-5-19-14-20(36-26(19)34)12-18-4-6-22-21(13-18)30-17-31(22)3/h4-7,12-14,17,23-25,32-33H,8-11,15-16H2,1-3H3/t23?,24?,25-,27+,28+,29?/m1/s1. The third kappa shape index (κ3) is 3.51. The second-order valence-corrected chi connectivity index (χ2v) is 11.6. The molecule has 2 aliphatic carbocycles. The number of ether oxygens (including phenoxy) is 2. The molecule has 36 heavy (non-hydrogen) atoms. The Morgan fingerprint density at radius 2 is 2.06 bits per heavy atom. The zero-order valence-electron chi connectivity index (χ0n) is 21.1. The normalized spacial score (nSPS) is 39.1. The minimum Gasteiger partial charge on any atom is -0.423 e.